The van der Waals surface area contributed by atoms with Gasteiger partial charge in [-0.25, -0.2) is 0 Å². The number of rotatable bonds is 7. The summed E-state index contributed by atoms with van der Waals surface area (Å²) in [6.07, 6.45) is 3.92. The maximum Gasteiger partial charge on any atom is 0.0779 e. The van der Waals surface area contributed by atoms with Gasteiger partial charge in [-0.1, -0.05) is 23.8 Å². The van der Waals surface area contributed by atoms with Crippen molar-refractivity contribution in [1.29, 1.82) is 0 Å². The van der Waals surface area contributed by atoms with Crippen LogP contribution in [0, 0.1) is 0 Å². The maximum absolute atomic E-state index is 5.76. The van der Waals surface area contributed by atoms with Gasteiger partial charge in [0.15, 0.2) is 0 Å². The molecule has 0 aliphatic rings. The first-order valence-corrected chi connectivity index (χ1v) is 5.70. The first kappa shape index (κ1) is 14.0. The zero-order chi connectivity index (χ0) is 11.0. The summed E-state index contributed by atoms with van der Waals surface area (Å²) in [7, 11) is 1.70. The first-order chi connectivity index (χ1) is 6.65. The van der Waals surface area contributed by atoms with Gasteiger partial charge in [-0.2, -0.15) is 0 Å². The van der Waals surface area contributed by atoms with Crippen LogP contribution < -0.4 is 0 Å². The zero-order valence-corrected chi connectivity index (χ0v) is 10.4. The molecule has 1 atom stereocenters. The van der Waals surface area contributed by atoms with Crippen LogP contribution in [0.15, 0.2) is 23.8 Å². The van der Waals surface area contributed by atoms with Crippen LogP contribution in [0.3, 0.4) is 0 Å². The molecule has 0 bridgehead atoms. The van der Waals surface area contributed by atoms with Crippen LogP contribution in [0.5, 0.6) is 0 Å². The Labute approximate surface area is 96.7 Å². The quantitative estimate of drug-likeness (QED) is 0.484. The molecule has 82 valence electrons. The Morgan fingerprint density at radius 3 is 2.50 bits per heavy atom. The van der Waals surface area contributed by atoms with E-state index >= 15 is 0 Å². The van der Waals surface area contributed by atoms with E-state index in [4.69, 9.17) is 27.9 Å². The number of alkyl halides is 2. The molecule has 0 aliphatic carbocycles. The Hall–Kier alpha value is 0.0200. The fourth-order valence-corrected chi connectivity index (χ4v) is 1.68. The molecular formula is C11H18Cl2O. The van der Waals surface area contributed by atoms with Gasteiger partial charge in [0.05, 0.1) is 6.10 Å². The standard InChI is InChI=1S/C11H18Cl2O/c1-9(2)11(14-3)5-4-10(8-13)6-7-12/h6,11H,1,4-5,7-8H2,2-3H3/b10-6-/t11-/m0/s1. The van der Waals surface area contributed by atoms with E-state index in [2.05, 4.69) is 6.58 Å². The van der Waals surface area contributed by atoms with E-state index in [1.165, 1.54) is 5.57 Å². The molecule has 3 heteroatoms. The fraction of sp³-hybridized carbons (Fsp3) is 0.636. The van der Waals surface area contributed by atoms with Crippen molar-refractivity contribution in [3.05, 3.63) is 23.8 Å². The molecule has 0 radical (unpaired) electrons. The van der Waals surface area contributed by atoms with E-state index in [1.807, 2.05) is 13.0 Å². The lowest BCUT2D eigenvalue weighted by molar-refractivity contribution is 0.125. The van der Waals surface area contributed by atoms with Gasteiger partial charge in [-0.15, -0.1) is 23.2 Å². The summed E-state index contributed by atoms with van der Waals surface area (Å²) in [6, 6.07) is 0. The highest BCUT2D eigenvalue weighted by atomic mass is 35.5. The Morgan fingerprint density at radius 1 is 1.50 bits per heavy atom. The van der Waals surface area contributed by atoms with E-state index in [0.717, 1.165) is 18.4 Å². The maximum atomic E-state index is 5.76. The second-order valence-electron chi connectivity index (χ2n) is 3.26. The minimum Gasteiger partial charge on any atom is -0.377 e. The fourth-order valence-electron chi connectivity index (χ4n) is 1.21. The smallest absolute Gasteiger partial charge is 0.0779 e. The molecule has 0 aliphatic heterocycles. The lowest BCUT2D eigenvalue weighted by Gasteiger charge is -2.15. The highest BCUT2D eigenvalue weighted by molar-refractivity contribution is 6.20. The predicted octanol–water partition coefficient (Wildman–Crippen LogP) is 3.76. The molecule has 1 nitrogen and oxygen atoms in total. The highest BCUT2D eigenvalue weighted by Gasteiger charge is 2.08. The van der Waals surface area contributed by atoms with Gasteiger partial charge in [0.25, 0.3) is 0 Å². The third-order valence-corrected chi connectivity index (χ3v) is 2.60. The van der Waals surface area contributed by atoms with Gasteiger partial charge < -0.3 is 4.74 Å². The lowest BCUT2D eigenvalue weighted by Crippen LogP contribution is -2.11. The van der Waals surface area contributed by atoms with Gasteiger partial charge >= 0.3 is 0 Å². The average molecular weight is 237 g/mol. The summed E-state index contributed by atoms with van der Waals surface area (Å²) >= 11 is 11.4. The van der Waals surface area contributed by atoms with Crippen LogP contribution in [0.2, 0.25) is 0 Å². The van der Waals surface area contributed by atoms with Gasteiger partial charge in [0, 0.05) is 18.9 Å². The van der Waals surface area contributed by atoms with Crippen molar-refractivity contribution in [2.45, 2.75) is 25.9 Å². The third-order valence-electron chi connectivity index (χ3n) is 2.10. The van der Waals surface area contributed by atoms with E-state index in [-0.39, 0.29) is 6.10 Å². The van der Waals surface area contributed by atoms with E-state index in [0.29, 0.717) is 11.8 Å². The molecule has 0 rings (SSSR count). The van der Waals surface area contributed by atoms with Gasteiger partial charge in [0.1, 0.15) is 0 Å². The number of halogens is 2. The number of ether oxygens (including phenoxy) is 1. The number of allylic oxidation sites excluding steroid dienone is 2. The Balaban J connectivity index is 4.00. The van der Waals surface area contributed by atoms with Gasteiger partial charge in [-0.05, 0) is 19.8 Å². The van der Waals surface area contributed by atoms with Gasteiger partial charge in [-0.3, -0.25) is 0 Å². The minimum atomic E-state index is 0.122. The number of methoxy groups -OCH3 is 1. The summed E-state index contributed by atoms with van der Waals surface area (Å²) in [5, 5.41) is 0. The van der Waals surface area contributed by atoms with Crippen molar-refractivity contribution < 1.29 is 4.74 Å². The van der Waals surface area contributed by atoms with Crippen LogP contribution in [-0.2, 0) is 4.74 Å². The largest absolute Gasteiger partial charge is 0.377 e. The predicted molar refractivity (Wildman–Crippen MR) is 64.4 cm³/mol. The van der Waals surface area contributed by atoms with Crippen molar-refractivity contribution in [3.8, 4) is 0 Å². The van der Waals surface area contributed by atoms with Crippen LogP contribution in [0.4, 0.5) is 0 Å². The molecule has 0 fully saturated rings. The van der Waals surface area contributed by atoms with Crippen LogP contribution >= 0.6 is 23.2 Å². The SMILES string of the molecule is C=C(C)[C@H](CC/C(=C/CCl)CCl)OC. The molecule has 0 saturated carbocycles. The monoisotopic (exact) mass is 236 g/mol. The summed E-state index contributed by atoms with van der Waals surface area (Å²) < 4.78 is 5.28. The normalized spacial score (nSPS) is 14.1. The molecule has 0 heterocycles. The van der Waals surface area contributed by atoms with Crippen molar-refractivity contribution >= 4 is 23.2 Å². The molecule has 0 aromatic carbocycles. The summed E-state index contributed by atoms with van der Waals surface area (Å²) in [4.78, 5) is 0. The summed E-state index contributed by atoms with van der Waals surface area (Å²) in [5.41, 5.74) is 2.22. The number of hydrogen-bond acceptors (Lipinski definition) is 1. The summed E-state index contributed by atoms with van der Waals surface area (Å²) in [5.74, 6) is 1.06. The summed E-state index contributed by atoms with van der Waals surface area (Å²) in [6.45, 7) is 5.84. The van der Waals surface area contributed by atoms with Crippen molar-refractivity contribution in [2.24, 2.45) is 0 Å². The van der Waals surface area contributed by atoms with Crippen molar-refractivity contribution in [2.75, 3.05) is 18.9 Å². The molecule has 0 aromatic rings. The molecule has 0 N–H and O–H groups in total. The third kappa shape index (κ3) is 5.69. The minimum absolute atomic E-state index is 0.122. The molecule has 0 amide bonds. The first-order valence-electron chi connectivity index (χ1n) is 4.63. The lowest BCUT2D eigenvalue weighted by atomic mass is 10.0. The van der Waals surface area contributed by atoms with Crippen LogP contribution in [0.25, 0.3) is 0 Å². The Bertz CT molecular complexity index is 199. The van der Waals surface area contributed by atoms with E-state index in [9.17, 15) is 0 Å². The molecule has 0 saturated heterocycles. The Morgan fingerprint density at radius 2 is 2.14 bits per heavy atom. The van der Waals surface area contributed by atoms with Crippen molar-refractivity contribution in [1.82, 2.24) is 0 Å². The van der Waals surface area contributed by atoms with E-state index < -0.39 is 0 Å². The second-order valence-corrected chi connectivity index (χ2v) is 3.84. The highest BCUT2D eigenvalue weighted by Crippen LogP contribution is 2.15. The molecular weight excluding hydrogens is 219 g/mol. The molecule has 0 spiro atoms. The Kier molecular flexibility index (Phi) is 8.35. The second kappa shape index (κ2) is 8.34. The zero-order valence-electron chi connectivity index (χ0n) is 8.85. The van der Waals surface area contributed by atoms with Crippen LogP contribution in [-0.4, -0.2) is 25.0 Å². The molecule has 14 heavy (non-hydrogen) atoms. The molecule has 0 unspecified atom stereocenters. The van der Waals surface area contributed by atoms with E-state index in [1.54, 1.807) is 7.11 Å². The number of hydrogen-bond donors (Lipinski definition) is 0. The molecule has 0 aromatic heterocycles. The average Bonchev–Trinajstić information content (AvgIpc) is 2.16. The van der Waals surface area contributed by atoms with Crippen molar-refractivity contribution in [3.63, 3.8) is 0 Å². The van der Waals surface area contributed by atoms with Gasteiger partial charge in [0.2, 0.25) is 0 Å². The topological polar surface area (TPSA) is 9.23 Å². The van der Waals surface area contributed by atoms with Crippen LogP contribution in [0.1, 0.15) is 19.8 Å².